The van der Waals surface area contributed by atoms with Gasteiger partial charge in [0.15, 0.2) is 11.5 Å². The summed E-state index contributed by atoms with van der Waals surface area (Å²) in [6, 6.07) is 12.1. The van der Waals surface area contributed by atoms with Crippen LogP contribution in [0.1, 0.15) is 10.4 Å². The van der Waals surface area contributed by atoms with Gasteiger partial charge < -0.3 is 14.8 Å². The molecule has 2 aromatic rings. The van der Waals surface area contributed by atoms with E-state index in [0.29, 0.717) is 27.8 Å². The summed E-state index contributed by atoms with van der Waals surface area (Å²) in [5, 5.41) is 3.25. The summed E-state index contributed by atoms with van der Waals surface area (Å²) in [4.78, 5) is 12.1. The van der Waals surface area contributed by atoms with Crippen LogP contribution in [-0.4, -0.2) is 12.7 Å². The van der Waals surface area contributed by atoms with Gasteiger partial charge in [-0.2, -0.15) is 0 Å². The Labute approximate surface area is 114 Å². The number of rotatable bonds is 2. The molecule has 2 aromatic carbocycles. The molecule has 0 radical (unpaired) electrons. The Morgan fingerprint density at radius 2 is 1.89 bits per heavy atom. The third-order valence-electron chi connectivity index (χ3n) is 2.76. The normalized spacial score (nSPS) is 12.3. The minimum Gasteiger partial charge on any atom is -0.454 e. The van der Waals surface area contributed by atoms with Crippen molar-refractivity contribution < 1.29 is 14.3 Å². The van der Waals surface area contributed by atoms with Gasteiger partial charge in [-0.15, -0.1) is 0 Å². The number of hydrogen-bond acceptors (Lipinski definition) is 3. The quantitative estimate of drug-likeness (QED) is 0.914. The second-order valence-electron chi connectivity index (χ2n) is 4.00. The van der Waals surface area contributed by atoms with E-state index in [0.717, 1.165) is 0 Å². The van der Waals surface area contributed by atoms with Crippen LogP contribution in [-0.2, 0) is 0 Å². The molecule has 0 atom stereocenters. The molecule has 96 valence electrons. The van der Waals surface area contributed by atoms with Crippen LogP contribution in [0.3, 0.4) is 0 Å². The number of amides is 1. The van der Waals surface area contributed by atoms with Crippen molar-refractivity contribution in [1.29, 1.82) is 0 Å². The number of carbonyl (C=O) groups is 1. The zero-order valence-electron chi connectivity index (χ0n) is 9.85. The highest BCUT2D eigenvalue weighted by Gasteiger charge is 2.16. The molecule has 0 spiro atoms. The molecule has 0 aliphatic carbocycles. The summed E-state index contributed by atoms with van der Waals surface area (Å²) < 4.78 is 10.4. The van der Waals surface area contributed by atoms with Gasteiger partial charge in [-0.05, 0) is 30.3 Å². The molecule has 19 heavy (non-hydrogen) atoms. The number of carbonyl (C=O) groups excluding carboxylic acids is 1. The zero-order chi connectivity index (χ0) is 13.2. The zero-order valence-corrected chi connectivity index (χ0v) is 10.6. The molecule has 0 unspecified atom stereocenters. The standard InChI is InChI=1S/C14H10ClNO3/c15-10-3-1-2-4-11(10)16-14(17)9-5-6-12-13(7-9)19-8-18-12/h1-7H,8H2,(H,16,17). The van der Waals surface area contributed by atoms with Crippen molar-refractivity contribution in [3.05, 3.63) is 53.1 Å². The second kappa shape index (κ2) is 4.82. The van der Waals surface area contributed by atoms with Crippen molar-refractivity contribution in [1.82, 2.24) is 0 Å². The van der Waals surface area contributed by atoms with Crippen molar-refractivity contribution in [3.63, 3.8) is 0 Å². The number of fused-ring (bicyclic) bond motifs is 1. The van der Waals surface area contributed by atoms with Gasteiger partial charge in [0, 0.05) is 5.56 Å². The van der Waals surface area contributed by atoms with Gasteiger partial charge in [0.1, 0.15) is 0 Å². The highest BCUT2D eigenvalue weighted by Crippen LogP contribution is 2.32. The number of ether oxygens (including phenoxy) is 2. The molecule has 1 aliphatic heterocycles. The Bertz CT molecular complexity index is 642. The Morgan fingerprint density at radius 1 is 1.11 bits per heavy atom. The van der Waals surface area contributed by atoms with Crippen molar-refractivity contribution in [2.45, 2.75) is 0 Å². The van der Waals surface area contributed by atoms with E-state index in [-0.39, 0.29) is 12.7 Å². The van der Waals surface area contributed by atoms with Crippen LogP contribution in [0.25, 0.3) is 0 Å². The van der Waals surface area contributed by atoms with Gasteiger partial charge in [0.05, 0.1) is 10.7 Å². The molecule has 0 fully saturated rings. The summed E-state index contributed by atoms with van der Waals surface area (Å²) in [7, 11) is 0. The monoisotopic (exact) mass is 275 g/mol. The number of hydrogen-bond donors (Lipinski definition) is 1. The lowest BCUT2D eigenvalue weighted by Gasteiger charge is -2.07. The van der Waals surface area contributed by atoms with Gasteiger partial charge in [0.25, 0.3) is 5.91 Å². The van der Waals surface area contributed by atoms with E-state index in [1.165, 1.54) is 0 Å². The predicted octanol–water partition coefficient (Wildman–Crippen LogP) is 3.32. The molecular formula is C14H10ClNO3. The number of anilines is 1. The summed E-state index contributed by atoms with van der Waals surface area (Å²) >= 11 is 5.99. The summed E-state index contributed by atoms with van der Waals surface area (Å²) in [6.07, 6.45) is 0. The molecule has 1 amide bonds. The smallest absolute Gasteiger partial charge is 0.255 e. The lowest BCUT2D eigenvalue weighted by Crippen LogP contribution is -2.12. The lowest BCUT2D eigenvalue weighted by atomic mass is 10.2. The summed E-state index contributed by atoms with van der Waals surface area (Å²) in [5.41, 5.74) is 1.07. The van der Waals surface area contributed by atoms with Crippen molar-refractivity contribution in [2.75, 3.05) is 12.1 Å². The third kappa shape index (κ3) is 2.35. The number of nitrogens with one attached hydrogen (secondary N) is 1. The maximum absolute atomic E-state index is 12.1. The van der Waals surface area contributed by atoms with Gasteiger partial charge in [-0.1, -0.05) is 23.7 Å². The fourth-order valence-corrected chi connectivity index (χ4v) is 1.98. The fraction of sp³-hybridized carbons (Fsp3) is 0.0714. The van der Waals surface area contributed by atoms with Crippen LogP contribution in [0.5, 0.6) is 11.5 Å². The van der Waals surface area contributed by atoms with Crippen LogP contribution in [0.2, 0.25) is 5.02 Å². The van der Waals surface area contributed by atoms with E-state index in [9.17, 15) is 4.79 Å². The Balaban J connectivity index is 1.83. The highest BCUT2D eigenvalue weighted by atomic mass is 35.5. The molecule has 5 heteroatoms. The first-order chi connectivity index (χ1) is 9.24. The topological polar surface area (TPSA) is 47.6 Å². The molecule has 1 heterocycles. The molecule has 0 saturated heterocycles. The van der Waals surface area contributed by atoms with Crippen LogP contribution >= 0.6 is 11.6 Å². The second-order valence-corrected chi connectivity index (χ2v) is 4.41. The van der Waals surface area contributed by atoms with Crippen molar-refractivity contribution in [2.24, 2.45) is 0 Å². The van der Waals surface area contributed by atoms with Gasteiger partial charge in [0.2, 0.25) is 6.79 Å². The maximum atomic E-state index is 12.1. The Hall–Kier alpha value is -2.20. The first-order valence-electron chi connectivity index (χ1n) is 5.69. The fourth-order valence-electron chi connectivity index (χ4n) is 1.79. The highest BCUT2D eigenvalue weighted by molar-refractivity contribution is 6.33. The van der Waals surface area contributed by atoms with E-state index in [4.69, 9.17) is 21.1 Å². The van der Waals surface area contributed by atoms with Gasteiger partial charge >= 0.3 is 0 Å². The minimum atomic E-state index is -0.244. The van der Waals surface area contributed by atoms with E-state index < -0.39 is 0 Å². The van der Waals surface area contributed by atoms with Crippen LogP contribution in [0, 0.1) is 0 Å². The molecule has 4 nitrogen and oxygen atoms in total. The minimum absolute atomic E-state index is 0.185. The number of benzene rings is 2. The summed E-state index contributed by atoms with van der Waals surface area (Å²) in [5.74, 6) is 0.979. The average molecular weight is 276 g/mol. The first-order valence-corrected chi connectivity index (χ1v) is 6.07. The number of halogens is 1. The first kappa shape index (κ1) is 11.9. The van der Waals surface area contributed by atoms with E-state index in [1.54, 1.807) is 42.5 Å². The number of para-hydroxylation sites is 1. The van der Waals surface area contributed by atoms with Gasteiger partial charge in [-0.3, -0.25) is 4.79 Å². The van der Waals surface area contributed by atoms with E-state index in [1.807, 2.05) is 0 Å². The third-order valence-corrected chi connectivity index (χ3v) is 3.09. The maximum Gasteiger partial charge on any atom is 0.255 e. The van der Waals surface area contributed by atoms with Crippen LogP contribution in [0.15, 0.2) is 42.5 Å². The summed E-state index contributed by atoms with van der Waals surface area (Å²) in [6.45, 7) is 0.185. The molecule has 1 N–H and O–H groups in total. The van der Waals surface area contributed by atoms with Crippen LogP contribution < -0.4 is 14.8 Å². The van der Waals surface area contributed by atoms with Gasteiger partial charge in [-0.25, -0.2) is 0 Å². The molecule has 3 rings (SSSR count). The average Bonchev–Trinajstić information content (AvgIpc) is 2.88. The Morgan fingerprint density at radius 3 is 2.74 bits per heavy atom. The van der Waals surface area contributed by atoms with Crippen LogP contribution in [0.4, 0.5) is 5.69 Å². The van der Waals surface area contributed by atoms with E-state index in [2.05, 4.69) is 5.32 Å². The molecule has 0 saturated carbocycles. The Kier molecular flexibility index (Phi) is 3.01. The van der Waals surface area contributed by atoms with Crippen molar-refractivity contribution >= 4 is 23.2 Å². The largest absolute Gasteiger partial charge is 0.454 e. The SMILES string of the molecule is O=C(Nc1ccccc1Cl)c1ccc2c(c1)OCO2. The molecular weight excluding hydrogens is 266 g/mol. The van der Waals surface area contributed by atoms with E-state index >= 15 is 0 Å². The molecule has 0 bridgehead atoms. The molecule has 0 aromatic heterocycles. The predicted molar refractivity (Wildman–Crippen MR) is 72.0 cm³/mol. The lowest BCUT2D eigenvalue weighted by molar-refractivity contribution is 0.102. The van der Waals surface area contributed by atoms with Crippen molar-refractivity contribution in [3.8, 4) is 11.5 Å². The molecule has 1 aliphatic rings.